The standard InChI is InChI=1S/C13H15NO3S/c1-17-10-4-2-9(3-5-10)6-12-13(11(16)7-15)14-8-18-12/h2-5,7,12-14H,6,8H2,1H3. The van der Waals surface area contributed by atoms with Crippen LogP contribution >= 0.6 is 11.8 Å². The molecule has 0 radical (unpaired) electrons. The van der Waals surface area contributed by atoms with Gasteiger partial charge in [0.15, 0.2) is 6.29 Å². The highest BCUT2D eigenvalue weighted by atomic mass is 32.2. The molecule has 2 unspecified atom stereocenters. The first kappa shape index (κ1) is 13.1. The number of rotatable bonds is 5. The van der Waals surface area contributed by atoms with Crippen molar-refractivity contribution in [3.05, 3.63) is 29.8 Å². The molecule has 5 heteroatoms. The van der Waals surface area contributed by atoms with E-state index in [2.05, 4.69) is 5.32 Å². The van der Waals surface area contributed by atoms with Crippen molar-refractivity contribution in [1.29, 1.82) is 0 Å². The van der Waals surface area contributed by atoms with Gasteiger partial charge in [0, 0.05) is 11.1 Å². The number of carbonyl (C=O) groups excluding carboxylic acids is 2. The summed E-state index contributed by atoms with van der Waals surface area (Å²) in [5.41, 5.74) is 1.14. The fourth-order valence-corrected chi connectivity index (χ4v) is 3.22. The molecule has 2 atom stereocenters. The lowest BCUT2D eigenvalue weighted by atomic mass is 10.0. The van der Waals surface area contributed by atoms with Gasteiger partial charge >= 0.3 is 0 Å². The van der Waals surface area contributed by atoms with E-state index in [1.807, 2.05) is 24.3 Å². The molecule has 0 amide bonds. The van der Waals surface area contributed by atoms with Crippen molar-refractivity contribution in [2.75, 3.05) is 13.0 Å². The first-order valence-electron chi connectivity index (χ1n) is 5.71. The van der Waals surface area contributed by atoms with Crippen LogP contribution in [0.4, 0.5) is 0 Å². The van der Waals surface area contributed by atoms with Crippen molar-refractivity contribution in [3.8, 4) is 5.75 Å². The largest absolute Gasteiger partial charge is 0.497 e. The SMILES string of the molecule is COc1ccc(CC2SCNC2C(=O)C=O)cc1. The van der Waals surface area contributed by atoms with Gasteiger partial charge in [-0.25, -0.2) is 0 Å². The topological polar surface area (TPSA) is 55.4 Å². The number of hydrogen-bond acceptors (Lipinski definition) is 5. The van der Waals surface area contributed by atoms with E-state index >= 15 is 0 Å². The molecule has 0 spiro atoms. The molecule has 4 nitrogen and oxygen atoms in total. The summed E-state index contributed by atoms with van der Waals surface area (Å²) in [5, 5.41) is 3.18. The van der Waals surface area contributed by atoms with Crippen LogP contribution in [-0.4, -0.2) is 36.3 Å². The minimum atomic E-state index is -0.362. The Morgan fingerprint density at radius 3 is 2.83 bits per heavy atom. The van der Waals surface area contributed by atoms with Crippen LogP contribution in [0.1, 0.15) is 5.56 Å². The highest BCUT2D eigenvalue weighted by Crippen LogP contribution is 2.25. The molecule has 2 rings (SSSR count). The van der Waals surface area contributed by atoms with Crippen LogP contribution in [0.5, 0.6) is 5.75 Å². The van der Waals surface area contributed by atoms with Crippen LogP contribution < -0.4 is 10.1 Å². The maximum absolute atomic E-state index is 11.5. The Morgan fingerprint density at radius 2 is 2.22 bits per heavy atom. The molecule has 1 aliphatic heterocycles. The molecule has 18 heavy (non-hydrogen) atoms. The summed E-state index contributed by atoms with van der Waals surface area (Å²) < 4.78 is 5.10. The molecule has 1 heterocycles. The monoisotopic (exact) mass is 265 g/mol. The van der Waals surface area contributed by atoms with Crippen molar-refractivity contribution in [2.45, 2.75) is 17.7 Å². The zero-order chi connectivity index (χ0) is 13.0. The molecule has 0 aliphatic carbocycles. The van der Waals surface area contributed by atoms with Crippen molar-refractivity contribution < 1.29 is 14.3 Å². The second-order valence-electron chi connectivity index (χ2n) is 4.10. The van der Waals surface area contributed by atoms with Crippen molar-refractivity contribution in [3.63, 3.8) is 0 Å². The van der Waals surface area contributed by atoms with Gasteiger partial charge in [0.25, 0.3) is 0 Å². The Kier molecular flexibility index (Phi) is 4.38. The number of nitrogens with one attached hydrogen (secondary N) is 1. The first-order valence-corrected chi connectivity index (χ1v) is 6.76. The molecule has 96 valence electrons. The van der Waals surface area contributed by atoms with Gasteiger partial charge in [-0.2, -0.15) is 0 Å². The molecule has 1 N–H and O–H groups in total. The zero-order valence-corrected chi connectivity index (χ0v) is 10.9. The fraction of sp³-hybridized carbons (Fsp3) is 0.385. The van der Waals surface area contributed by atoms with Gasteiger partial charge in [-0.3, -0.25) is 14.9 Å². The number of hydrogen-bond donors (Lipinski definition) is 1. The Bertz CT molecular complexity index is 432. The number of benzene rings is 1. The molecule has 1 aromatic carbocycles. The van der Waals surface area contributed by atoms with Gasteiger partial charge in [-0.05, 0) is 24.1 Å². The average Bonchev–Trinajstić information content (AvgIpc) is 2.87. The van der Waals surface area contributed by atoms with Crippen LogP contribution in [-0.2, 0) is 16.0 Å². The maximum atomic E-state index is 11.5. The average molecular weight is 265 g/mol. The number of carbonyl (C=O) groups is 2. The van der Waals surface area contributed by atoms with E-state index in [9.17, 15) is 9.59 Å². The van der Waals surface area contributed by atoms with Gasteiger partial charge in [-0.15, -0.1) is 11.8 Å². The van der Waals surface area contributed by atoms with Crippen LogP contribution in [0, 0.1) is 0 Å². The van der Waals surface area contributed by atoms with Crippen LogP contribution in [0.25, 0.3) is 0 Å². The predicted molar refractivity (Wildman–Crippen MR) is 70.9 cm³/mol. The van der Waals surface area contributed by atoms with Gasteiger partial charge in [0.2, 0.25) is 5.78 Å². The molecular formula is C13H15NO3S. The first-order chi connectivity index (χ1) is 8.74. The molecule has 0 saturated carbocycles. The lowest BCUT2D eigenvalue weighted by molar-refractivity contribution is -0.131. The van der Waals surface area contributed by atoms with Gasteiger partial charge < -0.3 is 4.74 Å². The van der Waals surface area contributed by atoms with Gasteiger partial charge in [-0.1, -0.05) is 12.1 Å². The van der Waals surface area contributed by atoms with E-state index in [0.29, 0.717) is 12.2 Å². The number of Topliss-reactive ketones (excluding diaryl/α,β-unsaturated/α-hetero) is 1. The van der Waals surface area contributed by atoms with Crippen LogP contribution in [0.3, 0.4) is 0 Å². The predicted octanol–water partition coefficient (Wildman–Crippen LogP) is 1.04. The second kappa shape index (κ2) is 6.02. The van der Waals surface area contributed by atoms with Crippen LogP contribution in [0.15, 0.2) is 24.3 Å². The van der Waals surface area contributed by atoms with Crippen molar-refractivity contribution in [1.82, 2.24) is 5.32 Å². The fourth-order valence-electron chi connectivity index (χ4n) is 2.00. The van der Waals surface area contributed by atoms with E-state index in [1.165, 1.54) is 0 Å². The summed E-state index contributed by atoms with van der Waals surface area (Å²) in [7, 11) is 1.63. The lowest BCUT2D eigenvalue weighted by Gasteiger charge is -2.15. The molecule has 1 fully saturated rings. The lowest BCUT2D eigenvalue weighted by Crippen LogP contribution is -2.39. The molecule has 1 saturated heterocycles. The van der Waals surface area contributed by atoms with E-state index in [-0.39, 0.29) is 17.1 Å². The number of ketones is 1. The van der Waals surface area contributed by atoms with E-state index in [0.717, 1.165) is 17.7 Å². The Labute approximate surface area is 110 Å². The van der Waals surface area contributed by atoms with Crippen molar-refractivity contribution in [2.24, 2.45) is 0 Å². The third-order valence-electron chi connectivity index (χ3n) is 2.99. The highest BCUT2D eigenvalue weighted by Gasteiger charge is 2.32. The number of ether oxygens (including phenoxy) is 1. The molecular weight excluding hydrogens is 250 g/mol. The molecule has 0 aromatic heterocycles. The van der Waals surface area contributed by atoms with E-state index in [1.54, 1.807) is 18.9 Å². The molecule has 1 aromatic rings. The summed E-state index contributed by atoms with van der Waals surface area (Å²) >= 11 is 1.68. The minimum absolute atomic E-state index is 0.121. The maximum Gasteiger partial charge on any atom is 0.213 e. The third-order valence-corrected chi connectivity index (χ3v) is 4.19. The summed E-state index contributed by atoms with van der Waals surface area (Å²) in [4.78, 5) is 22.0. The Balaban J connectivity index is 2.03. The summed E-state index contributed by atoms with van der Waals surface area (Å²) in [6.07, 6.45) is 1.18. The van der Waals surface area contributed by atoms with E-state index in [4.69, 9.17) is 4.74 Å². The second-order valence-corrected chi connectivity index (χ2v) is 5.33. The van der Waals surface area contributed by atoms with Gasteiger partial charge in [0.1, 0.15) is 5.75 Å². The van der Waals surface area contributed by atoms with Gasteiger partial charge in [0.05, 0.1) is 13.2 Å². The summed E-state index contributed by atoms with van der Waals surface area (Å²) in [6.45, 7) is 0. The Hall–Kier alpha value is -1.33. The normalized spacial score (nSPS) is 22.7. The van der Waals surface area contributed by atoms with Crippen LogP contribution in [0.2, 0.25) is 0 Å². The number of thioether (sulfide) groups is 1. The summed E-state index contributed by atoms with van der Waals surface area (Å²) in [5.74, 6) is 1.17. The van der Waals surface area contributed by atoms with E-state index < -0.39 is 0 Å². The minimum Gasteiger partial charge on any atom is -0.497 e. The smallest absolute Gasteiger partial charge is 0.213 e. The zero-order valence-electron chi connectivity index (χ0n) is 10.1. The third kappa shape index (κ3) is 2.91. The molecule has 1 aliphatic rings. The summed E-state index contributed by atoms with van der Waals surface area (Å²) in [6, 6.07) is 7.42. The quantitative estimate of drug-likeness (QED) is 0.637. The number of methoxy groups -OCH3 is 1. The highest BCUT2D eigenvalue weighted by molar-refractivity contribution is 8.00. The van der Waals surface area contributed by atoms with Crippen molar-refractivity contribution >= 4 is 23.8 Å². The number of aldehydes is 1. The molecule has 0 bridgehead atoms. The Morgan fingerprint density at radius 1 is 1.50 bits per heavy atom.